The van der Waals surface area contributed by atoms with Gasteiger partial charge in [-0.15, -0.1) is 0 Å². The second-order valence-corrected chi connectivity index (χ2v) is 6.56. The van der Waals surface area contributed by atoms with Crippen LogP contribution in [0.2, 0.25) is 0 Å². The summed E-state index contributed by atoms with van der Waals surface area (Å²) in [6.07, 6.45) is 1.52. The molecule has 0 bridgehead atoms. The van der Waals surface area contributed by atoms with Crippen LogP contribution in [-0.4, -0.2) is 13.4 Å². The first-order valence-electron chi connectivity index (χ1n) is 5.42. The van der Waals surface area contributed by atoms with Gasteiger partial charge in [-0.05, 0) is 39.7 Å². The van der Waals surface area contributed by atoms with E-state index in [1.54, 1.807) is 36.4 Å². The molecular formula is C12H12BrN3O2S. The highest BCUT2D eigenvalue weighted by Crippen LogP contribution is 2.17. The van der Waals surface area contributed by atoms with E-state index in [0.29, 0.717) is 11.3 Å². The van der Waals surface area contributed by atoms with Crippen molar-refractivity contribution in [3.63, 3.8) is 0 Å². The Kier molecular flexibility index (Phi) is 4.06. The molecule has 1 aromatic heterocycles. The van der Waals surface area contributed by atoms with E-state index in [-0.39, 0.29) is 11.6 Å². The van der Waals surface area contributed by atoms with Crippen molar-refractivity contribution in [2.24, 2.45) is 0 Å². The number of anilines is 2. The molecule has 0 amide bonds. The van der Waals surface area contributed by atoms with Crippen LogP contribution in [0.15, 0.2) is 47.1 Å². The number of para-hydroxylation sites is 1. The predicted octanol–water partition coefficient (Wildman–Crippen LogP) is 2.37. The summed E-state index contributed by atoms with van der Waals surface area (Å²) in [5, 5.41) is 0. The van der Waals surface area contributed by atoms with E-state index in [1.807, 2.05) is 0 Å². The minimum absolute atomic E-state index is 0.183. The number of halogens is 1. The van der Waals surface area contributed by atoms with Gasteiger partial charge in [-0.1, -0.05) is 18.2 Å². The largest absolute Gasteiger partial charge is 0.398 e. The molecule has 0 unspecified atom stereocenters. The van der Waals surface area contributed by atoms with Crippen molar-refractivity contribution < 1.29 is 8.42 Å². The second-order valence-electron chi connectivity index (χ2n) is 3.92. The number of nitrogen functional groups attached to an aromatic ring is 1. The van der Waals surface area contributed by atoms with E-state index in [4.69, 9.17) is 5.73 Å². The van der Waals surface area contributed by atoms with Crippen LogP contribution in [0.5, 0.6) is 0 Å². The number of nitrogens with one attached hydrogen (secondary N) is 1. The van der Waals surface area contributed by atoms with E-state index in [2.05, 4.69) is 25.6 Å². The summed E-state index contributed by atoms with van der Waals surface area (Å²) in [5.74, 6) is 0.0925. The number of hydrogen-bond donors (Lipinski definition) is 2. The third kappa shape index (κ3) is 3.93. The van der Waals surface area contributed by atoms with Gasteiger partial charge in [0.1, 0.15) is 5.82 Å². The Labute approximate surface area is 120 Å². The molecule has 0 aliphatic carbocycles. The van der Waals surface area contributed by atoms with E-state index in [0.717, 1.165) is 4.47 Å². The lowest BCUT2D eigenvalue weighted by Crippen LogP contribution is -2.16. The minimum atomic E-state index is -3.53. The lowest BCUT2D eigenvalue weighted by molar-refractivity contribution is 0.600. The number of sulfonamides is 1. The number of aromatic nitrogens is 1. The molecule has 0 fully saturated rings. The zero-order valence-electron chi connectivity index (χ0n) is 9.88. The van der Waals surface area contributed by atoms with Gasteiger partial charge in [0.05, 0.1) is 5.75 Å². The number of hydrogen-bond acceptors (Lipinski definition) is 4. The van der Waals surface area contributed by atoms with Crippen molar-refractivity contribution in [2.75, 3.05) is 10.5 Å². The Morgan fingerprint density at radius 3 is 2.58 bits per heavy atom. The maximum Gasteiger partial charge on any atom is 0.238 e. The third-order valence-corrected chi connectivity index (χ3v) is 4.07. The molecule has 1 aromatic carbocycles. The van der Waals surface area contributed by atoms with Crippen molar-refractivity contribution in [1.29, 1.82) is 0 Å². The highest BCUT2D eigenvalue weighted by molar-refractivity contribution is 9.10. The molecule has 3 N–H and O–H groups in total. The van der Waals surface area contributed by atoms with Gasteiger partial charge in [-0.25, -0.2) is 13.4 Å². The van der Waals surface area contributed by atoms with Crippen molar-refractivity contribution in [3.05, 3.63) is 52.6 Å². The topological polar surface area (TPSA) is 85.1 Å². The Hall–Kier alpha value is -1.60. The van der Waals surface area contributed by atoms with Crippen LogP contribution >= 0.6 is 15.9 Å². The number of rotatable bonds is 4. The van der Waals surface area contributed by atoms with Crippen LogP contribution in [0.1, 0.15) is 5.56 Å². The maximum atomic E-state index is 12.0. The average molecular weight is 342 g/mol. The van der Waals surface area contributed by atoms with Gasteiger partial charge in [-0.3, -0.25) is 4.72 Å². The smallest absolute Gasteiger partial charge is 0.238 e. The molecule has 19 heavy (non-hydrogen) atoms. The molecule has 100 valence electrons. The molecular weight excluding hydrogens is 330 g/mol. The molecule has 2 aromatic rings. The molecule has 0 aliphatic heterocycles. The van der Waals surface area contributed by atoms with Crippen LogP contribution in [0, 0.1) is 0 Å². The molecule has 0 saturated carbocycles. The van der Waals surface area contributed by atoms with Crippen LogP contribution in [0.4, 0.5) is 11.5 Å². The Morgan fingerprint density at radius 1 is 1.21 bits per heavy atom. The van der Waals surface area contributed by atoms with Gasteiger partial charge in [0.25, 0.3) is 0 Å². The minimum Gasteiger partial charge on any atom is -0.398 e. The van der Waals surface area contributed by atoms with Crippen LogP contribution < -0.4 is 10.5 Å². The fraction of sp³-hybridized carbons (Fsp3) is 0.0833. The van der Waals surface area contributed by atoms with E-state index < -0.39 is 10.0 Å². The summed E-state index contributed by atoms with van der Waals surface area (Å²) in [4.78, 5) is 3.96. The van der Waals surface area contributed by atoms with Gasteiger partial charge in [0, 0.05) is 16.4 Å². The zero-order valence-corrected chi connectivity index (χ0v) is 12.3. The molecule has 2 rings (SSSR count). The van der Waals surface area contributed by atoms with Gasteiger partial charge < -0.3 is 5.73 Å². The first kappa shape index (κ1) is 13.8. The Morgan fingerprint density at radius 2 is 1.95 bits per heavy atom. The molecule has 0 aliphatic rings. The monoisotopic (exact) mass is 341 g/mol. The first-order chi connectivity index (χ1) is 8.96. The van der Waals surface area contributed by atoms with Crippen molar-refractivity contribution in [3.8, 4) is 0 Å². The van der Waals surface area contributed by atoms with Crippen molar-refractivity contribution in [1.82, 2.24) is 4.98 Å². The molecule has 0 spiro atoms. The molecule has 7 heteroatoms. The fourth-order valence-corrected chi connectivity index (χ4v) is 2.92. The van der Waals surface area contributed by atoms with E-state index >= 15 is 0 Å². The number of pyridine rings is 1. The molecule has 0 radical (unpaired) electrons. The highest BCUT2D eigenvalue weighted by atomic mass is 79.9. The van der Waals surface area contributed by atoms with Crippen LogP contribution in [0.25, 0.3) is 0 Å². The Bertz CT molecular complexity index is 672. The van der Waals surface area contributed by atoms with Crippen molar-refractivity contribution >= 4 is 37.5 Å². The summed E-state index contributed by atoms with van der Waals surface area (Å²) < 4.78 is 27.2. The lowest BCUT2D eigenvalue weighted by atomic mass is 10.2. The van der Waals surface area contributed by atoms with Crippen molar-refractivity contribution in [2.45, 2.75) is 5.75 Å². The maximum absolute atomic E-state index is 12.0. The summed E-state index contributed by atoms with van der Waals surface area (Å²) in [6.45, 7) is 0. The molecule has 0 atom stereocenters. The highest BCUT2D eigenvalue weighted by Gasteiger charge is 2.13. The van der Waals surface area contributed by atoms with Gasteiger partial charge in [0.15, 0.2) is 0 Å². The van der Waals surface area contributed by atoms with E-state index in [1.165, 1.54) is 6.20 Å². The lowest BCUT2D eigenvalue weighted by Gasteiger charge is -2.08. The fourth-order valence-electron chi connectivity index (χ4n) is 1.50. The zero-order chi connectivity index (χ0) is 13.9. The normalized spacial score (nSPS) is 11.2. The van der Waals surface area contributed by atoms with Gasteiger partial charge in [0.2, 0.25) is 10.0 Å². The third-order valence-electron chi connectivity index (χ3n) is 2.39. The van der Waals surface area contributed by atoms with Crippen LogP contribution in [0.3, 0.4) is 0 Å². The van der Waals surface area contributed by atoms with E-state index in [9.17, 15) is 8.42 Å². The molecule has 5 nitrogen and oxygen atoms in total. The number of nitrogens with two attached hydrogens (primary N) is 1. The standard InChI is InChI=1S/C12H12BrN3O2S/c13-10-5-6-12(15-7-10)16-19(17,18)8-9-3-1-2-4-11(9)14/h1-7H,8,14H2,(H,15,16). The number of nitrogens with zero attached hydrogens (tertiary/aromatic N) is 1. The molecule has 0 saturated heterocycles. The molecule has 1 heterocycles. The summed E-state index contributed by atoms with van der Waals surface area (Å²) in [7, 11) is -3.53. The summed E-state index contributed by atoms with van der Waals surface area (Å²) >= 11 is 3.23. The van der Waals surface area contributed by atoms with Crippen LogP contribution in [-0.2, 0) is 15.8 Å². The predicted molar refractivity (Wildman–Crippen MR) is 79.0 cm³/mol. The first-order valence-corrected chi connectivity index (χ1v) is 7.86. The number of benzene rings is 1. The average Bonchev–Trinajstić information content (AvgIpc) is 2.35. The SMILES string of the molecule is Nc1ccccc1CS(=O)(=O)Nc1ccc(Br)cn1. The quantitative estimate of drug-likeness (QED) is 0.836. The summed E-state index contributed by atoms with van der Waals surface area (Å²) in [6, 6.07) is 10.2. The Balaban J connectivity index is 2.15. The van der Waals surface area contributed by atoms with Gasteiger partial charge >= 0.3 is 0 Å². The van der Waals surface area contributed by atoms with Gasteiger partial charge in [-0.2, -0.15) is 0 Å². The summed E-state index contributed by atoms with van der Waals surface area (Å²) in [5.41, 5.74) is 6.74. The second kappa shape index (κ2) is 5.58.